The molecule has 0 atom stereocenters. The van der Waals surface area contributed by atoms with Gasteiger partial charge in [-0.3, -0.25) is 4.48 Å². The Morgan fingerprint density at radius 1 is 0.955 bits per heavy atom. The van der Waals surface area contributed by atoms with Crippen LogP contribution in [0.2, 0.25) is 0 Å². The fourth-order valence-electron chi connectivity index (χ4n) is 1.79. The third kappa shape index (κ3) is 4.69. The van der Waals surface area contributed by atoms with Crippen LogP contribution in [0.4, 0.5) is 18.9 Å². The molecule has 0 radical (unpaired) electrons. The molecule has 4 nitrogen and oxygen atoms in total. The number of quaternary nitrogens is 1. The molecule has 0 saturated heterocycles. The van der Waals surface area contributed by atoms with Gasteiger partial charge in [0.25, 0.3) is 0 Å². The molecule has 2 rings (SSSR count). The van der Waals surface area contributed by atoms with Crippen molar-refractivity contribution in [1.82, 2.24) is 4.48 Å². The molecule has 0 spiro atoms. The van der Waals surface area contributed by atoms with E-state index in [-0.39, 0.29) is 0 Å². The lowest BCUT2D eigenvalue weighted by Crippen LogP contribution is -2.34. The molecular weight excluding hydrogens is 319 g/mol. The lowest BCUT2D eigenvalue weighted by Gasteiger charge is -2.24. The summed E-state index contributed by atoms with van der Waals surface area (Å²) in [4.78, 5) is 0. The fourth-order valence-corrected chi connectivity index (χ4v) is 1.79. The Kier molecular flexibility index (Phi) is 5.21. The molecular formula is C14H16F3NO3S. The molecule has 0 aliphatic rings. The number of hydrogen-bond donors (Lipinski definition) is 0. The van der Waals surface area contributed by atoms with Crippen LogP contribution in [0.5, 0.6) is 0 Å². The molecule has 0 heterocycles. The molecule has 2 aromatic rings. The number of benzene rings is 2. The minimum atomic E-state index is -6.09. The Morgan fingerprint density at radius 3 is 1.86 bits per heavy atom. The number of fused-ring (bicyclic) bond motifs is 1. The monoisotopic (exact) mass is 335 g/mol. The second kappa shape index (κ2) is 6.23. The Morgan fingerprint density at radius 2 is 1.41 bits per heavy atom. The van der Waals surface area contributed by atoms with Gasteiger partial charge in [-0.2, -0.15) is 13.2 Å². The Bertz CT molecular complexity index is 745. The SMILES string of the molecule is C[N+](C)(C)c1cccc2ccccc12.O=S(=O)([O-])C(F)(F)F. The molecule has 8 heteroatoms. The zero-order valence-corrected chi connectivity index (χ0v) is 13.1. The highest BCUT2D eigenvalue weighted by Gasteiger charge is 2.36. The van der Waals surface area contributed by atoms with Gasteiger partial charge >= 0.3 is 5.51 Å². The first-order chi connectivity index (χ1) is 9.84. The van der Waals surface area contributed by atoms with E-state index in [2.05, 4.69) is 63.6 Å². The van der Waals surface area contributed by atoms with Gasteiger partial charge in [0.2, 0.25) is 0 Å². The van der Waals surface area contributed by atoms with Crippen molar-refractivity contribution in [2.24, 2.45) is 0 Å². The summed E-state index contributed by atoms with van der Waals surface area (Å²) in [5.41, 5.74) is -4.28. The van der Waals surface area contributed by atoms with Gasteiger partial charge in [-0.25, -0.2) is 8.42 Å². The summed E-state index contributed by atoms with van der Waals surface area (Å²) in [6.07, 6.45) is 0. The molecule has 0 N–H and O–H groups in total. The van der Waals surface area contributed by atoms with Crippen molar-refractivity contribution in [2.75, 3.05) is 21.1 Å². The molecule has 0 aromatic heterocycles. The molecule has 0 saturated carbocycles. The maximum Gasteiger partial charge on any atom is 0.485 e. The van der Waals surface area contributed by atoms with Crippen LogP contribution in [0.3, 0.4) is 0 Å². The Hall–Kier alpha value is -1.64. The number of rotatable bonds is 1. The highest BCUT2D eigenvalue weighted by atomic mass is 32.2. The summed E-state index contributed by atoms with van der Waals surface area (Å²) in [7, 11) is 0.498. The molecule has 122 valence electrons. The molecule has 22 heavy (non-hydrogen) atoms. The first-order valence-electron chi connectivity index (χ1n) is 6.16. The predicted molar refractivity (Wildman–Crippen MR) is 79.3 cm³/mol. The molecule has 0 aliphatic heterocycles. The predicted octanol–water partition coefficient (Wildman–Crippen LogP) is 3.09. The van der Waals surface area contributed by atoms with Crippen LogP contribution in [-0.4, -0.2) is 39.6 Å². The lowest BCUT2D eigenvalue weighted by atomic mass is 10.1. The van der Waals surface area contributed by atoms with Crippen molar-refractivity contribution >= 4 is 26.6 Å². The van der Waals surface area contributed by atoms with E-state index < -0.39 is 15.6 Å². The summed E-state index contributed by atoms with van der Waals surface area (Å²) in [6.45, 7) is 0. The standard InChI is InChI=1S/C13H16N.CHF3O3S/c1-14(2,3)13-10-6-8-11-7-4-5-9-12(11)13;2-1(3,4)8(5,6)7/h4-10H,1-3H3;(H,5,6,7)/q+1;/p-1. The highest BCUT2D eigenvalue weighted by molar-refractivity contribution is 7.86. The first-order valence-corrected chi connectivity index (χ1v) is 7.57. The van der Waals surface area contributed by atoms with E-state index in [1.54, 1.807) is 0 Å². The van der Waals surface area contributed by atoms with Crippen LogP contribution < -0.4 is 4.48 Å². The van der Waals surface area contributed by atoms with Crippen LogP contribution in [0.15, 0.2) is 42.5 Å². The fraction of sp³-hybridized carbons (Fsp3) is 0.286. The minimum Gasteiger partial charge on any atom is -0.741 e. The summed E-state index contributed by atoms with van der Waals surface area (Å²) in [5, 5.41) is 2.67. The average Bonchev–Trinajstić information content (AvgIpc) is 2.35. The quantitative estimate of drug-likeness (QED) is 0.457. The molecule has 0 unspecified atom stereocenters. The maximum atomic E-state index is 10.7. The van der Waals surface area contributed by atoms with Gasteiger partial charge in [-0.05, 0) is 17.5 Å². The van der Waals surface area contributed by atoms with Crippen LogP contribution >= 0.6 is 0 Å². The Balaban J connectivity index is 0.000000261. The molecule has 0 amide bonds. The number of alkyl halides is 3. The molecule has 0 fully saturated rings. The van der Waals surface area contributed by atoms with Crippen molar-refractivity contribution in [3.8, 4) is 0 Å². The van der Waals surface area contributed by atoms with Crippen molar-refractivity contribution in [3.05, 3.63) is 42.5 Å². The summed E-state index contributed by atoms with van der Waals surface area (Å²) >= 11 is 0. The van der Waals surface area contributed by atoms with Crippen molar-refractivity contribution in [1.29, 1.82) is 0 Å². The number of halogens is 3. The van der Waals surface area contributed by atoms with Gasteiger partial charge in [-0.1, -0.05) is 30.3 Å². The van der Waals surface area contributed by atoms with Gasteiger partial charge in [0.15, 0.2) is 10.1 Å². The van der Waals surface area contributed by atoms with E-state index in [9.17, 15) is 13.2 Å². The molecule has 0 bridgehead atoms. The second-order valence-electron chi connectivity index (χ2n) is 5.41. The number of hydrogen-bond acceptors (Lipinski definition) is 3. The summed E-state index contributed by atoms with van der Waals surface area (Å²) in [6, 6.07) is 15.0. The van der Waals surface area contributed by atoms with Crippen LogP contribution in [0.25, 0.3) is 10.8 Å². The molecule has 2 aromatic carbocycles. The number of nitrogens with zero attached hydrogens (tertiary/aromatic N) is 1. The van der Waals surface area contributed by atoms with E-state index in [1.165, 1.54) is 16.5 Å². The van der Waals surface area contributed by atoms with E-state index in [0.29, 0.717) is 0 Å². The zero-order chi connectivity index (χ0) is 17.2. The van der Waals surface area contributed by atoms with Crippen LogP contribution in [0, 0.1) is 0 Å². The lowest BCUT2D eigenvalue weighted by molar-refractivity contribution is -0.0517. The summed E-state index contributed by atoms with van der Waals surface area (Å²) < 4.78 is 59.8. The summed E-state index contributed by atoms with van der Waals surface area (Å²) in [5.74, 6) is 0. The van der Waals surface area contributed by atoms with Crippen molar-refractivity contribution in [3.63, 3.8) is 0 Å². The molecule has 0 aliphatic carbocycles. The normalized spacial score (nSPS) is 12.7. The van der Waals surface area contributed by atoms with E-state index >= 15 is 0 Å². The smallest absolute Gasteiger partial charge is 0.485 e. The minimum absolute atomic E-state index is 0.862. The Labute approximate surface area is 127 Å². The van der Waals surface area contributed by atoms with Crippen molar-refractivity contribution < 1.29 is 26.1 Å². The maximum absolute atomic E-state index is 10.7. The van der Waals surface area contributed by atoms with Crippen LogP contribution in [0.1, 0.15) is 0 Å². The van der Waals surface area contributed by atoms with E-state index in [0.717, 1.165) is 4.48 Å². The van der Waals surface area contributed by atoms with Crippen LogP contribution in [-0.2, 0) is 10.1 Å². The third-order valence-corrected chi connectivity index (χ3v) is 3.34. The van der Waals surface area contributed by atoms with Gasteiger partial charge in [0.1, 0.15) is 5.69 Å². The third-order valence-electron chi connectivity index (χ3n) is 2.77. The van der Waals surface area contributed by atoms with Crippen molar-refractivity contribution in [2.45, 2.75) is 5.51 Å². The second-order valence-corrected chi connectivity index (χ2v) is 6.78. The van der Waals surface area contributed by atoms with E-state index in [4.69, 9.17) is 13.0 Å². The topological polar surface area (TPSA) is 57.2 Å². The van der Waals surface area contributed by atoms with Gasteiger partial charge in [-0.15, -0.1) is 0 Å². The van der Waals surface area contributed by atoms with E-state index in [1.807, 2.05) is 0 Å². The largest absolute Gasteiger partial charge is 0.741 e. The van der Waals surface area contributed by atoms with Gasteiger partial charge < -0.3 is 4.55 Å². The average molecular weight is 335 g/mol. The highest BCUT2D eigenvalue weighted by Crippen LogP contribution is 2.27. The van der Waals surface area contributed by atoms with Gasteiger partial charge in [0.05, 0.1) is 21.1 Å². The zero-order valence-electron chi connectivity index (χ0n) is 12.3. The first kappa shape index (κ1) is 18.4. The van der Waals surface area contributed by atoms with Gasteiger partial charge in [0, 0.05) is 5.39 Å².